The molecule has 0 radical (unpaired) electrons. The second kappa shape index (κ2) is 7.46. The van der Waals surface area contributed by atoms with Crippen molar-refractivity contribution in [3.63, 3.8) is 0 Å². The van der Waals surface area contributed by atoms with Gasteiger partial charge >= 0.3 is 5.97 Å². The van der Waals surface area contributed by atoms with E-state index in [1.54, 1.807) is 11.1 Å². The molecule has 2 saturated heterocycles. The monoisotopic (exact) mass is 394 g/mol. The van der Waals surface area contributed by atoms with Crippen LogP contribution in [0.15, 0.2) is 41.5 Å². The van der Waals surface area contributed by atoms with Crippen LogP contribution in [0.25, 0.3) is 0 Å². The van der Waals surface area contributed by atoms with Crippen molar-refractivity contribution in [3.05, 3.63) is 41.5 Å². The third-order valence-electron chi connectivity index (χ3n) is 8.13. The van der Waals surface area contributed by atoms with Crippen LogP contribution in [0.3, 0.4) is 0 Å². The summed E-state index contributed by atoms with van der Waals surface area (Å²) in [7, 11) is 0. The van der Waals surface area contributed by atoms with Crippen LogP contribution in [0.1, 0.15) is 46.0 Å². The third-order valence-corrected chi connectivity index (χ3v) is 8.13. The molecule has 2 aliphatic heterocycles. The lowest BCUT2D eigenvalue weighted by atomic mass is 9.59. The molecule has 4 heteroatoms. The molecule has 2 heterocycles. The number of para-hydroxylation sites is 1. The Morgan fingerprint density at radius 2 is 1.90 bits per heavy atom. The maximum atomic E-state index is 12.8. The first kappa shape index (κ1) is 19.2. The number of benzene rings is 1. The number of ether oxygens (including phenoxy) is 1. The minimum Gasteiger partial charge on any atom is -0.462 e. The number of hydrogen-bond acceptors (Lipinski definition) is 4. The minimum absolute atomic E-state index is 0.0510. The van der Waals surface area contributed by atoms with Crippen molar-refractivity contribution < 1.29 is 9.53 Å². The summed E-state index contributed by atoms with van der Waals surface area (Å²) in [6, 6.07) is 10.7. The topological polar surface area (TPSA) is 32.8 Å². The maximum Gasteiger partial charge on any atom is 0.310 e. The lowest BCUT2D eigenvalue weighted by Crippen LogP contribution is -2.49. The van der Waals surface area contributed by atoms with Crippen molar-refractivity contribution in [2.75, 3.05) is 37.6 Å². The number of esters is 1. The number of piperazine rings is 1. The number of rotatable bonds is 3. The maximum absolute atomic E-state index is 12.8. The first-order valence-corrected chi connectivity index (χ1v) is 11.5. The van der Waals surface area contributed by atoms with E-state index in [-0.39, 0.29) is 23.4 Å². The van der Waals surface area contributed by atoms with Crippen molar-refractivity contribution in [1.82, 2.24) is 4.90 Å². The number of anilines is 1. The standard InChI is InChI=1S/C25H34N2O2/c1-18-7-6-10-25(2)16-23-20(15-22(18)25)21(24(28)29-23)17-26-11-13-27(14-12-26)19-8-4-3-5-9-19/h3-5,8-9,20-21,23H,6-7,10-17H2,1-2H3/t20-,21-,23+,25+/m0/s1. The molecule has 5 rings (SSSR count). The fraction of sp³-hybridized carbons (Fsp3) is 0.640. The fourth-order valence-corrected chi connectivity index (χ4v) is 6.43. The zero-order chi connectivity index (χ0) is 20.0. The van der Waals surface area contributed by atoms with Gasteiger partial charge in [0.1, 0.15) is 6.10 Å². The average Bonchev–Trinajstić information content (AvgIpc) is 3.01. The summed E-state index contributed by atoms with van der Waals surface area (Å²) in [5.74, 6) is 0.492. The summed E-state index contributed by atoms with van der Waals surface area (Å²) in [5.41, 5.74) is 4.81. The van der Waals surface area contributed by atoms with E-state index in [0.29, 0.717) is 5.92 Å². The Morgan fingerprint density at radius 3 is 2.66 bits per heavy atom. The number of nitrogens with zero attached hydrogens (tertiary/aromatic N) is 2. The molecule has 0 aromatic heterocycles. The first-order valence-electron chi connectivity index (χ1n) is 11.5. The van der Waals surface area contributed by atoms with Crippen LogP contribution in [0, 0.1) is 17.3 Å². The molecule has 1 aromatic carbocycles. The van der Waals surface area contributed by atoms with Gasteiger partial charge in [-0.15, -0.1) is 0 Å². The van der Waals surface area contributed by atoms with E-state index in [9.17, 15) is 4.79 Å². The van der Waals surface area contributed by atoms with Gasteiger partial charge in [-0.3, -0.25) is 9.69 Å². The van der Waals surface area contributed by atoms with Crippen LogP contribution in [-0.4, -0.2) is 49.7 Å². The highest BCUT2D eigenvalue weighted by molar-refractivity contribution is 5.76. The molecule has 0 bridgehead atoms. The number of fused-ring (bicyclic) bond motifs is 2. The minimum atomic E-state index is 0.0510. The molecule has 0 amide bonds. The molecule has 29 heavy (non-hydrogen) atoms. The third kappa shape index (κ3) is 3.50. The molecule has 1 aromatic rings. The van der Waals surface area contributed by atoms with Crippen LogP contribution in [0.4, 0.5) is 5.69 Å². The Balaban J connectivity index is 1.25. The quantitative estimate of drug-likeness (QED) is 0.566. The van der Waals surface area contributed by atoms with Crippen molar-refractivity contribution >= 4 is 11.7 Å². The number of carbonyl (C=O) groups is 1. The van der Waals surface area contributed by atoms with E-state index in [2.05, 4.69) is 54.0 Å². The summed E-state index contributed by atoms with van der Waals surface area (Å²) in [6.45, 7) is 9.70. The number of carbonyl (C=O) groups excluding carboxylic acids is 1. The lowest BCUT2D eigenvalue weighted by Gasteiger charge is -2.46. The molecule has 3 fully saturated rings. The van der Waals surface area contributed by atoms with Crippen molar-refractivity contribution in [2.24, 2.45) is 17.3 Å². The Hall–Kier alpha value is -1.81. The van der Waals surface area contributed by atoms with E-state index in [1.165, 1.54) is 24.9 Å². The van der Waals surface area contributed by atoms with Crippen LogP contribution in [0.2, 0.25) is 0 Å². The average molecular weight is 395 g/mol. The lowest BCUT2D eigenvalue weighted by molar-refractivity contribution is -0.145. The van der Waals surface area contributed by atoms with Crippen LogP contribution in [0.5, 0.6) is 0 Å². The van der Waals surface area contributed by atoms with Gasteiger partial charge < -0.3 is 9.64 Å². The van der Waals surface area contributed by atoms with Crippen LogP contribution >= 0.6 is 0 Å². The van der Waals surface area contributed by atoms with Gasteiger partial charge in [0.05, 0.1) is 5.92 Å². The fourth-order valence-electron chi connectivity index (χ4n) is 6.43. The van der Waals surface area contributed by atoms with Crippen molar-refractivity contribution in [2.45, 2.75) is 52.1 Å². The summed E-state index contributed by atoms with van der Waals surface area (Å²) in [6.07, 6.45) is 6.03. The Labute approximate surface area is 174 Å². The van der Waals surface area contributed by atoms with Gasteiger partial charge in [0, 0.05) is 44.3 Å². The summed E-state index contributed by atoms with van der Waals surface area (Å²) < 4.78 is 5.96. The predicted molar refractivity (Wildman–Crippen MR) is 116 cm³/mol. The second-order valence-electron chi connectivity index (χ2n) is 9.95. The highest BCUT2D eigenvalue weighted by Gasteiger charge is 2.53. The number of allylic oxidation sites excluding steroid dienone is 2. The largest absolute Gasteiger partial charge is 0.462 e. The normalized spacial score (nSPS) is 35.3. The molecule has 0 N–H and O–H groups in total. The number of hydrogen-bond donors (Lipinski definition) is 0. The Bertz CT molecular complexity index is 796. The Kier molecular flexibility index (Phi) is 4.93. The second-order valence-corrected chi connectivity index (χ2v) is 9.95. The molecule has 0 spiro atoms. The summed E-state index contributed by atoms with van der Waals surface area (Å²) in [5, 5.41) is 0. The SMILES string of the molecule is CC1=C2C[C@H]3[C@H](CN4CCN(c5ccccc5)CC4)C(=O)O[C@@H]3C[C@@]2(C)CCC1. The van der Waals surface area contributed by atoms with E-state index < -0.39 is 0 Å². The summed E-state index contributed by atoms with van der Waals surface area (Å²) >= 11 is 0. The van der Waals surface area contributed by atoms with E-state index in [1.807, 2.05) is 0 Å². The van der Waals surface area contributed by atoms with Crippen molar-refractivity contribution in [3.8, 4) is 0 Å². The first-order chi connectivity index (χ1) is 14.0. The van der Waals surface area contributed by atoms with Gasteiger partial charge in [0.25, 0.3) is 0 Å². The highest BCUT2D eigenvalue weighted by Crippen LogP contribution is 2.55. The molecule has 4 aliphatic rings. The van der Waals surface area contributed by atoms with Gasteiger partial charge in [-0.1, -0.05) is 36.3 Å². The van der Waals surface area contributed by atoms with E-state index >= 15 is 0 Å². The molecule has 4 atom stereocenters. The van der Waals surface area contributed by atoms with Gasteiger partial charge in [0.15, 0.2) is 0 Å². The zero-order valence-corrected chi connectivity index (χ0v) is 17.9. The Morgan fingerprint density at radius 1 is 1.14 bits per heavy atom. The highest BCUT2D eigenvalue weighted by atomic mass is 16.6. The molecule has 156 valence electrons. The van der Waals surface area contributed by atoms with E-state index in [0.717, 1.165) is 45.6 Å². The summed E-state index contributed by atoms with van der Waals surface area (Å²) in [4.78, 5) is 17.8. The molecule has 0 unspecified atom stereocenters. The van der Waals surface area contributed by atoms with Gasteiger partial charge in [-0.2, -0.15) is 0 Å². The van der Waals surface area contributed by atoms with Gasteiger partial charge in [0.2, 0.25) is 0 Å². The predicted octanol–water partition coefficient (Wildman–Crippen LogP) is 4.27. The molecule has 4 nitrogen and oxygen atoms in total. The van der Waals surface area contributed by atoms with Crippen LogP contribution in [-0.2, 0) is 9.53 Å². The van der Waals surface area contributed by atoms with E-state index in [4.69, 9.17) is 4.74 Å². The van der Waals surface area contributed by atoms with Gasteiger partial charge in [-0.05, 0) is 56.6 Å². The van der Waals surface area contributed by atoms with Gasteiger partial charge in [-0.25, -0.2) is 0 Å². The molecule has 1 saturated carbocycles. The molecular weight excluding hydrogens is 360 g/mol. The zero-order valence-electron chi connectivity index (χ0n) is 17.9. The molecular formula is C25H34N2O2. The smallest absolute Gasteiger partial charge is 0.310 e. The molecule has 2 aliphatic carbocycles. The van der Waals surface area contributed by atoms with Crippen LogP contribution < -0.4 is 4.90 Å². The van der Waals surface area contributed by atoms with Crippen molar-refractivity contribution in [1.29, 1.82) is 0 Å².